The standard InChI is InChI=1S/C14H18ClN5O/c1-8(2)17-14-19-13(7-16-20-14)18-11-5-9(3)10(15)6-12(11)21-4/h5-8H,1-4H3,(H2,17,18,19,20). The fourth-order valence-electron chi connectivity index (χ4n) is 1.75. The summed E-state index contributed by atoms with van der Waals surface area (Å²) in [5.74, 6) is 1.69. The molecule has 0 aliphatic heterocycles. The van der Waals surface area contributed by atoms with E-state index in [2.05, 4.69) is 25.8 Å². The van der Waals surface area contributed by atoms with Crippen molar-refractivity contribution < 1.29 is 4.74 Å². The van der Waals surface area contributed by atoms with E-state index in [0.717, 1.165) is 11.3 Å². The molecule has 2 N–H and O–H groups in total. The van der Waals surface area contributed by atoms with Gasteiger partial charge in [-0.15, -0.1) is 5.10 Å². The van der Waals surface area contributed by atoms with E-state index >= 15 is 0 Å². The average Bonchev–Trinajstić information content (AvgIpc) is 2.42. The van der Waals surface area contributed by atoms with Crippen LogP contribution in [0.4, 0.5) is 17.5 Å². The van der Waals surface area contributed by atoms with Gasteiger partial charge in [-0.1, -0.05) is 11.6 Å². The third-order valence-electron chi connectivity index (χ3n) is 2.72. The fraction of sp³-hybridized carbons (Fsp3) is 0.357. The Bertz CT molecular complexity index is 633. The quantitative estimate of drug-likeness (QED) is 0.882. The molecule has 1 aromatic carbocycles. The van der Waals surface area contributed by atoms with Crippen molar-refractivity contribution in [3.63, 3.8) is 0 Å². The number of methoxy groups -OCH3 is 1. The van der Waals surface area contributed by atoms with E-state index in [9.17, 15) is 0 Å². The van der Waals surface area contributed by atoms with Crippen molar-refractivity contribution in [2.45, 2.75) is 26.8 Å². The minimum Gasteiger partial charge on any atom is -0.495 e. The molecule has 0 saturated carbocycles. The number of hydrogen-bond donors (Lipinski definition) is 2. The van der Waals surface area contributed by atoms with Crippen LogP contribution in [0.5, 0.6) is 5.75 Å². The lowest BCUT2D eigenvalue weighted by Gasteiger charge is -2.13. The molecule has 2 rings (SSSR count). The highest BCUT2D eigenvalue weighted by Gasteiger charge is 2.09. The Morgan fingerprint density at radius 3 is 2.71 bits per heavy atom. The van der Waals surface area contributed by atoms with E-state index in [1.807, 2.05) is 26.8 Å². The second-order valence-corrected chi connectivity index (χ2v) is 5.30. The first-order valence-corrected chi connectivity index (χ1v) is 6.95. The molecule has 7 heteroatoms. The van der Waals surface area contributed by atoms with Crippen LogP contribution in [0.15, 0.2) is 18.3 Å². The summed E-state index contributed by atoms with van der Waals surface area (Å²) in [5.41, 5.74) is 1.72. The molecule has 0 aliphatic rings. The zero-order valence-electron chi connectivity index (χ0n) is 12.4. The highest BCUT2D eigenvalue weighted by molar-refractivity contribution is 6.31. The number of aryl methyl sites for hydroxylation is 1. The van der Waals surface area contributed by atoms with E-state index < -0.39 is 0 Å². The molecule has 0 saturated heterocycles. The van der Waals surface area contributed by atoms with Gasteiger partial charge in [0.05, 0.1) is 19.0 Å². The van der Waals surface area contributed by atoms with Gasteiger partial charge in [0.1, 0.15) is 5.75 Å². The topological polar surface area (TPSA) is 72.0 Å². The Morgan fingerprint density at radius 1 is 1.29 bits per heavy atom. The minimum absolute atomic E-state index is 0.231. The highest BCUT2D eigenvalue weighted by atomic mass is 35.5. The number of ether oxygens (including phenoxy) is 1. The number of benzene rings is 1. The van der Waals surface area contributed by atoms with Crippen molar-refractivity contribution in [1.29, 1.82) is 0 Å². The number of aromatic nitrogens is 3. The zero-order chi connectivity index (χ0) is 15.4. The van der Waals surface area contributed by atoms with Crippen LogP contribution >= 0.6 is 11.6 Å². The van der Waals surface area contributed by atoms with Crippen LogP contribution in [-0.2, 0) is 0 Å². The van der Waals surface area contributed by atoms with Gasteiger partial charge in [0, 0.05) is 17.1 Å². The molecule has 0 amide bonds. The molecule has 112 valence electrons. The SMILES string of the molecule is COc1cc(Cl)c(C)cc1Nc1cnnc(NC(C)C)n1. The minimum atomic E-state index is 0.231. The monoisotopic (exact) mass is 307 g/mol. The van der Waals surface area contributed by atoms with Crippen LogP contribution in [0.25, 0.3) is 0 Å². The average molecular weight is 308 g/mol. The Morgan fingerprint density at radius 2 is 2.05 bits per heavy atom. The molecule has 0 unspecified atom stereocenters. The summed E-state index contributed by atoms with van der Waals surface area (Å²) in [6, 6.07) is 3.90. The summed E-state index contributed by atoms with van der Waals surface area (Å²) in [5, 5.41) is 14.8. The first kappa shape index (κ1) is 15.3. The van der Waals surface area contributed by atoms with Crippen molar-refractivity contribution in [2.75, 3.05) is 17.7 Å². The lowest BCUT2D eigenvalue weighted by Crippen LogP contribution is -2.13. The first-order chi connectivity index (χ1) is 9.99. The maximum Gasteiger partial charge on any atom is 0.244 e. The number of halogens is 1. The fourth-order valence-corrected chi connectivity index (χ4v) is 1.90. The summed E-state index contributed by atoms with van der Waals surface area (Å²) < 4.78 is 5.32. The molecule has 6 nitrogen and oxygen atoms in total. The van der Waals surface area contributed by atoms with Crippen molar-refractivity contribution >= 4 is 29.1 Å². The van der Waals surface area contributed by atoms with Crippen LogP contribution in [0.3, 0.4) is 0 Å². The summed E-state index contributed by atoms with van der Waals surface area (Å²) in [6.07, 6.45) is 1.55. The molecule has 0 spiro atoms. The molecular weight excluding hydrogens is 290 g/mol. The Hall–Kier alpha value is -2.08. The third-order valence-corrected chi connectivity index (χ3v) is 3.13. The maximum absolute atomic E-state index is 6.09. The molecule has 0 bridgehead atoms. The van der Waals surface area contributed by atoms with Gasteiger partial charge in [-0.3, -0.25) is 0 Å². The van der Waals surface area contributed by atoms with Gasteiger partial charge < -0.3 is 15.4 Å². The van der Waals surface area contributed by atoms with Crippen LogP contribution in [0.1, 0.15) is 19.4 Å². The first-order valence-electron chi connectivity index (χ1n) is 6.57. The van der Waals surface area contributed by atoms with Crippen molar-refractivity contribution in [3.05, 3.63) is 28.9 Å². The lowest BCUT2D eigenvalue weighted by atomic mass is 10.2. The van der Waals surface area contributed by atoms with Gasteiger partial charge in [-0.25, -0.2) is 0 Å². The molecule has 0 atom stereocenters. The number of anilines is 3. The smallest absolute Gasteiger partial charge is 0.244 e. The normalized spacial score (nSPS) is 10.6. The Labute approximate surface area is 128 Å². The van der Waals surface area contributed by atoms with Crippen LogP contribution < -0.4 is 15.4 Å². The van der Waals surface area contributed by atoms with E-state index in [4.69, 9.17) is 16.3 Å². The summed E-state index contributed by atoms with van der Waals surface area (Å²) in [4.78, 5) is 4.35. The van der Waals surface area contributed by atoms with Crippen molar-refractivity contribution in [3.8, 4) is 5.75 Å². The number of nitrogens with one attached hydrogen (secondary N) is 2. The molecule has 0 fully saturated rings. The third kappa shape index (κ3) is 3.95. The molecule has 0 radical (unpaired) electrons. The van der Waals surface area contributed by atoms with Gasteiger partial charge >= 0.3 is 0 Å². The summed E-state index contributed by atoms with van der Waals surface area (Å²) >= 11 is 6.09. The van der Waals surface area contributed by atoms with Crippen molar-refractivity contribution in [1.82, 2.24) is 15.2 Å². The van der Waals surface area contributed by atoms with Gasteiger partial charge in [-0.2, -0.15) is 10.1 Å². The molecule has 21 heavy (non-hydrogen) atoms. The Kier molecular flexibility index (Phi) is 4.80. The Balaban J connectivity index is 2.27. The van der Waals surface area contributed by atoms with Gasteiger partial charge in [0.2, 0.25) is 5.95 Å². The highest BCUT2D eigenvalue weighted by Crippen LogP contribution is 2.32. The van der Waals surface area contributed by atoms with Crippen LogP contribution in [0, 0.1) is 6.92 Å². The van der Waals surface area contributed by atoms with Gasteiger partial charge in [-0.05, 0) is 32.4 Å². The van der Waals surface area contributed by atoms with E-state index in [0.29, 0.717) is 22.5 Å². The lowest BCUT2D eigenvalue weighted by molar-refractivity contribution is 0.416. The van der Waals surface area contributed by atoms with Gasteiger partial charge in [0.15, 0.2) is 5.82 Å². The van der Waals surface area contributed by atoms with E-state index in [1.54, 1.807) is 19.4 Å². The number of hydrogen-bond acceptors (Lipinski definition) is 6. The predicted molar refractivity (Wildman–Crippen MR) is 84.6 cm³/mol. The zero-order valence-corrected chi connectivity index (χ0v) is 13.2. The molecule has 2 aromatic rings. The van der Waals surface area contributed by atoms with E-state index in [-0.39, 0.29) is 6.04 Å². The number of nitrogens with zero attached hydrogens (tertiary/aromatic N) is 3. The summed E-state index contributed by atoms with van der Waals surface area (Å²) in [6.45, 7) is 5.95. The largest absolute Gasteiger partial charge is 0.495 e. The maximum atomic E-state index is 6.09. The number of rotatable bonds is 5. The molecule has 1 heterocycles. The van der Waals surface area contributed by atoms with Crippen LogP contribution in [-0.4, -0.2) is 28.3 Å². The molecule has 0 aliphatic carbocycles. The predicted octanol–water partition coefficient (Wildman–Crippen LogP) is 3.41. The summed E-state index contributed by atoms with van der Waals surface area (Å²) in [7, 11) is 1.59. The van der Waals surface area contributed by atoms with Crippen LogP contribution in [0.2, 0.25) is 5.02 Å². The van der Waals surface area contributed by atoms with Crippen molar-refractivity contribution in [2.24, 2.45) is 0 Å². The van der Waals surface area contributed by atoms with E-state index in [1.165, 1.54) is 0 Å². The second kappa shape index (κ2) is 6.58. The molecule has 1 aromatic heterocycles. The van der Waals surface area contributed by atoms with Gasteiger partial charge in [0.25, 0.3) is 0 Å². The second-order valence-electron chi connectivity index (χ2n) is 4.89. The molecular formula is C14H18ClN5O.